The fourth-order valence-electron chi connectivity index (χ4n) is 6.70. The summed E-state index contributed by atoms with van der Waals surface area (Å²) < 4.78 is 88.7. The molecule has 3 N–H and O–H groups in total. The number of aliphatic hydroxyl groups is 1. The van der Waals surface area contributed by atoms with Crippen molar-refractivity contribution >= 4 is 50.2 Å². The lowest BCUT2D eigenvalue weighted by atomic mass is 9.93. The Hall–Kier alpha value is -5.51. The number of sulfonamides is 1. The average Bonchev–Trinajstić information content (AvgIpc) is 3.77. The second kappa shape index (κ2) is 17.0. The zero-order valence-corrected chi connectivity index (χ0v) is 35.1. The minimum absolute atomic E-state index is 0.0352. The van der Waals surface area contributed by atoms with Crippen LogP contribution in [0.4, 0.5) is 23.4 Å². The summed E-state index contributed by atoms with van der Waals surface area (Å²) in [4.78, 5) is 32.9. The normalized spacial score (nSPS) is 13.8. The van der Waals surface area contributed by atoms with Gasteiger partial charge in [0, 0.05) is 50.3 Å². The molecule has 3 aromatic heterocycles. The number of aryl methyl sites for hydroxylation is 1. The quantitative estimate of drug-likeness (QED) is 0.112. The van der Waals surface area contributed by atoms with Crippen molar-refractivity contribution in [3.05, 3.63) is 93.0 Å². The largest absolute Gasteiger partial charge is 0.378 e. The summed E-state index contributed by atoms with van der Waals surface area (Å²) in [6, 6.07) is 7.78. The Morgan fingerprint density at radius 3 is 2.32 bits per heavy atom. The van der Waals surface area contributed by atoms with E-state index in [4.69, 9.17) is 16.6 Å². The number of fused-ring (bicyclic) bond motifs is 2. The predicted molar refractivity (Wildman–Crippen MR) is 215 cm³/mol. The minimum atomic E-state index is -3.81. The number of carbonyl (C=O) groups is 2. The summed E-state index contributed by atoms with van der Waals surface area (Å²) in [6.45, 7) is 6.14. The molecule has 59 heavy (non-hydrogen) atoms. The van der Waals surface area contributed by atoms with E-state index in [-0.39, 0.29) is 57.3 Å². The second-order valence-corrected chi connectivity index (χ2v) is 16.6. The molecule has 2 amide bonds. The van der Waals surface area contributed by atoms with Gasteiger partial charge in [-0.15, -0.1) is 0 Å². The first-order valence-electron chi connectivity index (χ1n) is 18.3. The molecule has 0 radical (unpaired) electrons. The van der Waals surface area contributed by atoms with Gasteiger partial charge in [0.25, 0.3) is 11.8 Å². The highest BCUT2D eigenvalue weighted by Gasteiger charge is 2.46. The van der Waals surface area contributed by atoms with Crippen LogP contribution in [0.2, 0.25) is 5.02 Å². The smallest absolute Gasteiger partial charge is 0.290 e. The number of hydrogen-bond donors (Lipinski definition) is 3. The lowest BCUT2D eigenvalue weighted by Crippen LogP contribution is -2.35. The molecule has 1 aliphatic carbocycles. The fourth-order valence-corrected chi connectivity index (χ4v) is 7.43. The Morgan fingerprint density at radius 2 is 1.71 bits per heavy atom. The van der Waals surface area contributed by atoms with Crippen molar-refractivity contribution in [1.29, 1.82) is 0 Å². The van der Waals surface area contributed by atoms with Gasteiger partial charge in [-0.2, -0.15) is 19.0 Å². The molecule has 1 aliphatic rings. The monoisotopic (exact) mass is 858 g/mol. The van der Waals surface area contributed by atoms with E-state index in [9.17, 15) is 31.9 Å². The topological polar surface area (TPSA) is 164 Å². The maximum absolute atomic E-state index is 15.3. The summed E-state index contributed by atoms with van der Waals surface area (Å²) in [6.07, 6.45) is -0.0598. The molecule has 19 heteroatoms. The van der Waals surface area contributed by atoms with Crippen LogP contribution in [0.5, 0.6) is 0 Å². The second-order valence-electron chi connectivity index (χ2n) is 14.4. The zero-order chi connectivity index (χ0) is 43.8. The Bertz CT molecular complexity index is 2610. The number of amides is 2. The van der Waals surface area contributed by atoms with Crippen LogP contribution in [0.3, 0.4) is 0 Å². The zero-order valence-electron chi connectivity index (χ0n) is 33.5. The van der Waals surface area contributed by atoms with Gasteiger partial charge in [-0.05, 0) is 68.5 Å². The van der Waals surface area contributed by atoms with E-state index in [2.05, 4.69) is 32.1 Å². The lowest BCUT2D eigenvalue weighted by molar-refractivity contribution is -0.122. The van der Waals surface area contributed by atoms with Crippen LogP contribution in [0.15, 0.2) is 42.5 Å². The van der Waals surface area contributed by atoms with Gasteiger partial charge in [0.15, 0.2) is 11.5 Å². The van der Waals surface area contributed by atoms with Crippen LogP contribution in [0.25, 0.3) is 22.0 Å². The third-order valence-corrected chi connectivity index (χ3v) is 9.83. The number of nitrogens with one attached hydrogen (secondary N) is 2. The average molecular weight is 859 g/mol. The number of aromatic nitrogens is 5. The van der Waals surface area contributed by atoms with Crippen LogP contribution >= 0.6 is 11.6 Å². The molecule has 6 rings (SSSR count). The van der Waals surface area contributed by atoms with Crippen molar-refractivity contribution in [3.63, 3.8) is 0 Å². The lowest BCUT2D eigenvalue weighted by Gasteiger charge is -2.23. The molecule has 314 valence electrons. The van der Waals surface area contributed by atoms with E-state index >= 15 is 8.78 Å². The van der Waals surface area contributed by atoms with Crippen LogP contribution in [-0.4, -0.2) is 80.7 Å². The number of rotatable bonds is 10. The molecule has 0 saturated carbocycles. The van der Waals surface area contributed by atoms with E-state index in [1.165, 1.54) is 49.7 Å². The molecule has 1 unspecified atom stereocenters. The van der Waals surface area contributed by atoms with Gasteiger partial charge in [0.05, 0.1) is 33.9 Å². The van der Waals surface area contributed by atoms with E-state index in [1.54, 1.807) is 19.2 Å². The number of hydrogen-bond acceptors (Lipinski definition) is 8. The van der Waals surface area contributed by atoms with Gasteiger partial charge >= 0.3 is 0 Å². The predicted octanol–water partition coefficient (Wildman–Crippen LogP) is 6.12. The molecular weight excluding hydrogens is 816 g/mol. The van der Waals surface area contributed by atoms with Gasteiger partial charge in [-0.1, -0.05) is 37.4 Å². The highest BCUT2D eigenvalue weighted by molar-refractivity contribution is 7.92. The number of anilines is 1. The van der Waals surface area contributed by atoms with Crippen molar-refractivity contribution < 1.29 is 40.7 Å². The molecule has 3 heterocycles. The first-order valence-corrected chi connectivity index (χ1v) is 20.6. The third-order valence-electron chi connectivity index (χ3n) is 8.95. The van der Waals surface area contributed by atoms with Crippen molar-refractivity contribution in [2.24, 2.45) is 7.05 Å². The summed E-state index contributed by atoms with van der Waals surface area (Å²) in [7, 11) is 0.629. The Labute approximate surface area is 343 Å². The molecular formula is C40H43ClF4N8O5S. The molecule has 0 bridgehead atoms. The summed E-state index contributed by atoms with van der Waals surface area (Å²) >= 11 is 6.60. The van der Waals surface area contributed by atoms with E-state index < -0.39 is 69.7 Å². The first kappa shape index (κ1) is 44.6. The minimum Gasteiger partial charge on any atom is -0.378 e. The first-order chi connectivity index (χ1) is 27.5. The van der Waals surface area contributed by atoms with Crippen molar-refractivity contribution in [3.8, 4) is 23.0 Å². The molecule has 1 atom stereocenters. The van der Waals surface area contributed by atoms with Crippen LogP contribution in [0.1, 0.15) is 78.9 Å². The van der Waals surface area contributed by atoms with Gasteiger partial charge in [0.2, 0.25) is 15.9 Å². The highest BCUT2D eigenvalue weighted by atomic mass is 35.5. The van der Waals surface area contributed by atoms with E-state index in [0.717, 1.165) is 23.1 Å². The number of pyridine rings is 1. The fraction of sp³-hybridized carbons (Fsp3) is 0.375. The maximum atomic E-state index is 15.3. The molecule has 0 spiro atoms. The van der Waals surface area contributed by atoms with Crippen molar-refractivity contribution in [2.45, 2.75) is 71.1 Å². The van der Waals surface area contributed by atoms with Crippen molar-refractivity contribution in [1.82, 2.24) is 34.8 Å². The number of nitrogens with zero attached hydrogens (tertiary/aromatic N) is 6. The number of alkyl halides is 2. The number of benzene rings is 2. The van der Waals surface area contributed by atoms with Crippen LogP contribution < -0.4 is 10.0 Å². The van der Waals surface area contributed by atoms with Crippen molar-refractivity contribution in [2.75, 3.05) is 25.1 Å². The summed E-state index contributed by atoms with van der Waals surface area (Å²) in [5, 5.41) is 22.0. The third kappa shape index (κ3) is 10.0. The molecule has 0 fully saturated rings. The van der Waals surface area contributed by atoms with E-state index in [0.29, 0.717) is 22.7 Å². The van der Waals surface area contributed by atoms with Gasteiger partial charge < -0.3 is 15.3 Å². The number of halogens is 5. The summed E-state index contributed by atoms with van der Waals surface area (Å²) in [5.41, 5.74) is -0.854. The molecule has 2 aromatic carbocycles. The molecule has 13 nitrogen and oxygen atoms in total. The van der Waals surface area contributed by atoms with Gasteiger partial charge in [0.1, 0.15) is 35.2 Å². The standard InChI is InChI=1S/C38H37ClF4N8O5S.C2H6/c1-37(2,54)13-11-23-7-8-24(25-9-10-27(39)30-33(25)50(5)47-35(30)48-57(6,55)56)31(44-23)28(17-20-15-21(40)18-22(41)16-20)45-29(52)19-51-34-26(12-14-38(34,42)43)32(46-51)36(53)49(3)4;1-2/h7-10,15-16,18,28,54H,12,14,17,19H2,1-6H3,(H,45,52)(H,47,48);1-2H3. The highest BCUT2D eigenvalue weighted by Crippen LogP contribution is 2.43. The Kier molecular flexibility index (Phi) is 12.8. The van der Waals surface area contributed by atoms with Gasteiger partial charge in [-0.25, -0.2) is 22.2 Å². The molecule has 0 saturated heterocycles. The van der Waals surface area contributed by atoms with Gasteiger partial charge in [-0.3, -0.25) is 23.7 Å². The maximum Gasteiger partial charge on any atom is 0.290 e. The Morgan fingerprint density at radius 1 is 1.07 bits per heavy atom. The van der Waals surface area contributed by atoms with E-state index in [1.807, 2.05) is 13.8 Å². The van der Waals surface area contributed by atoms with Crippen LogP contribution in [-0.2, 0) is 47.2 Å². The SMILES string of the molecule is CC.CN(C)C(=O)c1nn(CC(=O)NC(Cc2cc(F)cc(F)c2)c2nc(C#CC(C)(C)O)ccc2-c2ccc(Cl)c3c(NS(C)(=O)=O)nn(C)c23)c2c1CCC2(F)F. The molecule has 5 aromatic rings. The van der Waals surface area contributed by atoms with Crippen LogP contribution in [0, 0.1) is 23.5 Å². The summed E-state index contributed by atoms with van der Waals surface area (Å²) in [5.74, 6) is -1.29. The Balaban J connectivity index is 0.00000326. The number of carbonyl (C=O) groups excluding carboxylic acids is 2. The molecule has 0 aliphatic heterocycles.